The SMILES string of the molecule is N#Cc1c(-c2cccc(OC(F)(F)F)c2)cc(F)cc1[N+](=O)[O-]. The standard InChI is InChI=1S/C14H6F4N2O3/c15-9-5-11(12(7-19)13(6-9)20(21)22)8-2-1-3-10(4-8)23-14(16,17)18/h1-6H. The number of hydrogen-bond donors (Lipinski definition) is 0. The zero-order chi connectivity index (χ0) is 17.2. The van der Waals surface area contributed by atoms with Gasteiger partial charge in [-0.2, -0.15) is 5.26 Å². The van der Waals surface area contributed by atoms with E-state index in [-0.39, 0.29) is 11.1 Å². The molecule has 2 aromatic rings. The molecule has 0 unspecified atom stereocenters. The molecule has 0 aromatic heterocycles. The first-order valence-electron chi connectivity index (χ1n) is 5.95. The Morgan fingerprint density at radius 1 is 1.22 bits per heavy atom. The van der Waals surface area contributed by atoms with E-state index in [0.29, 0.717) is 6.07 Å². The fourth-order valence-corrected chi connectivity index (χ4v) is 1.94. The van der Waals surface area contributed by atoms with Crippen molar-refractivity contribution in [1.29, 1.82) is 5.26 Å². The molecule has 0 heterocycles. The molecule has 0 aliphatic rings. The molecule has 2 rings (SSSR count). The molecule has 9 heteroatoms. The van der Waals surface area contributed by atoms with Crippen molar-refractivity contribution in [3.8, 4) is 22.9 Å². The molecule has 0 aliphatic carbocycles. The fraction of sp³-hybridized carbons (Fsp3) is 0.0714. The van der Waals surface area contributed by atoms with Crippen molar-refractivity contribution in [3.63, 3.8) is 0 Å². The van der Waals surface area contributed by atoms with E-state index in [1.807, 2.05) is 0 Å². The number of nitriles is 1. The van der Waals surface area contributed by atoms with Gasteiger partial charge in [0.05, 0.1) is 11.0 Å². The topological polar surface area (TPSA) is 76.2 Å². The first kappa shape index (κ1) is 16.2. The molecule has 0 amide bonds. The quantitative estimate of drug-likeness (QED) is 0.482. The smallest absolute Gasteiger partial charge is 0.406 e. The normalized spacial score (nSPS) is 10.9. The Labute approximate surface area is 126 Å². The Hall–Kier alpha value is -3.15. The first-order chi connectivity index (χ1) is 10.7. The largest absolute Gasteiger partial charge is 0.573 e. The Balaban J connectivity index is 2.61. The second kappa shape index (κ2) is 5.92. The van der Waals surface area contributed by atoms with E-state index in [9.17, 15) is 27.7 Å². The van der Waals surface area contributed by atoms with Gasteiger partial charge in [0, 0.05) is 5.56 Å². The molecule has 0 bridgehead atoms. The summed E-state index contributed by atoms with van der Waals surface area (Å²) in [7, 11) is 0. The lowest BCUT2D eigenvalue weighted by Crippen LogP contribution is -2.17. The summed E-state index contributed by atoms with van der Waals surface area (Å²) in [6.07, 6.45) is -4.93. The summed E-state index contributed by atoms with van der Waals surface area (Å²) in [6.45, 7) is 0. The molecule has 0 aliphatic heterocycles. The third-order valence-electron chi connectivity index (χ3n) is 2.77. The number of benzene rings is 2. The van der Waals surface area contributed by atoms with Crippen LogP contribution in [-0.4, -0.2) is 11.3 Å². The second-order valence-electron chi connectivity index (χ2n) is 4.29. The summed E-state index contributed by atoms with van der Waals surface area (Å²) in [5.41, 5.74) is -1.46. The van der Waals surface area contributed by atoms with Gasteiger partial charge in [0.25, 0.3) is 5.69 Å². The number of nitro benzene ring substituents is 1. The highest BCUT2D eigenvalue weighted by Gasteiger charge is 2.31. The summed E-state index contributed by atoms with van der Waals surface area (Å²) >= 11 is 0. The molecule has 0 fully saturated rings. The number of hydrogen-bond acceptors (Lipinski definition) is 4. The molecule has 2 aromatic carbocycles. The van der Waals surface area contributed by atoms with Crippen LogP contribution in [0, 0.1) is 27.3 Å². The second-order valence-corrected chi connectivity index (χ2v) is 4.29. The van der Waals surface area contributed by atoms with Gasteiger partial charge in [-0.3, -0.25) is 10.1 Å². The van der Waals surface area contributed by atoms with Crippen molar-refractivity contribution < 1.29 is 27.2 Å². The summed E-state index contributed by atoms with van der Waals surface area (Å²) in [5, 5.41) is 20.0. The zero-order valence-electron chi connectivity index (χ0n) is 11.1. The fourth-order valence-electron chi connectivity index (χ4n) is 1.94. The molecule has 0 spiro atoms. The summed E-state index contributed by atoms with van der Waals surface area (Å²) in [5.74, 6) is -1.58. The van der Waals surface area contributed by atoms with E-state index in [1.54, 1.807) is 6.07 Å². The maximum Gasteiger partial charge on any atom is 0.573 e. The maximum absolute atomic E-state index is 13.5. The molecular weight excluding hydrogens is 320 g/mol. The molecule has 118 valence electrons. The predicted molar refractivity (Wildman–Crippen MR) is 69.9 cm³/mol. The van der Waals surface area contributed by atoms with E-state index in [1.165, 1.54) is 12.1 Å². The van der Waals surface area contributed by atoms with Gasteiger partial charge in [-0.1, -0.05) is 12.1 Å². The van der Waals surface area contributed by atoms with Crippen molar-refractivity contribution in [2.24, 2.45) is 0 Å². The average Bonchev–Trinajstić information content (AvgIpc) is 2.44. The van der Waals surface area contributed by atoms with Gasteiger partial charge in [-0.25, -0.2) is 4.39 Å². The average molecular weight is 326 g/mol. The maximum atomic E-state index is 13.5. The third-order valence-corrected chi connectivity index (χ3v) is 2.77. The van der Waals surface area contributed by atoms with Crippen LogP contribution in [0.4, 0.5) is 23.2 Å². The molecule has 0 radical (unpaired) electrons. The van der Waals surface area contributed by atoms with Crippen LogP contribution >= 0.6 is 0 Å². The molecule has 0 N–H and O–H groups in total. The lowest BCUT2D eigenvalue weighted by Gasteiger charge is -2.11. The molecule has 0 saturated heterocycles. The molecular formula is C14H6F4N2O3. The number of alkyl halides is 3. The van der Waals surface area contributed by atoms with Crippen LogP contribution in [0.1, 0.15) is 5.56 Å². The van der Waals surface area contributed by atoms with E-state index in [0.717, 1.165) is 18.2 Å². The highest BCUT2D eigenvalue weighted by atomic mass is 19.4. The number of rotatable bonds is 3. The van der Waals surface area contributed by atoms with Crippen LogP contribution in [0.15, 0.2) is 36.4 Å². The van der Waals surface area contributed by atoms with E-state index < -0.39 is 34.1 Å². The predicted octanol–water partition coefficient (Wildman–Crippen LogP) is 4.17. The van der Waals surface area contributed by atoms with Gasteiger partial charge in [0.2, 0.25) is 0 Å². The Morgan fingerprint density at radius 3 is 2.48 bits per heavy atom. The Kier molecular flexibility index (Phi) is 4.18. The Bertz CT molecular complexity index is 813. The molecule has 0 atom stereocenters. The molecule has 5 nitrogen and oxygen atoms in total. The highest BCUT2D eigenvalue weighted by molar-refractivity contribution is 5.76. The lowest BCUT2D eigenvalue weighted by molar-refractivity contribution is -0.385. The highest BCUT2D eigenvalue weighted by Crippen LogP contribution is 2.34. The summed E-state index contributed by atoms with van der Waals surface area (Å²) in [6, 6.07) is 7.36. The van der Waals surface area contributed by atoms with Gasteiger partial charge >= 0.3 is 6.36 Å². The Morgan fingerprint density at radius 2 is 1.91 bits per heavy atom. The monoisotopic (exact) mass is 326 g/mol. The van der Waals surface area contributed by atoms with Gasteiger partial charge in [0.15, 0.2) is 0 Å². The van der Waals surface area contributed by atoms with Gasteiger partial charge in [-0.15, -0.1) is 13.2 Å². The number of halogens is 4. The van der Waals surface area contributed by atoms with E-state index in [4.69, 9.17) is 5.26 Å². The van der Waals surface area contributed by atoms with Crippen LogP contribution in [0.3, 0.4) is 0 Å². The van der Waals surface area contributed by atoms with Crippen LogP contribution in [0.2, 0.25) is 0 Å². The minimum atomic E-state index is -4.93. The minimum absolute atomic E-state index is 0.0223. The number of nitro groups is 1. The third kappa shape index (κ3) is 3.74. The molecule has 23 heavy (non-hydrogen) atoms. The minimum Gasteiger partial charge on any atom is -0.406 e. The van der Waals surface area contributed by atoms with Crippen molar-refractivity contribution in [2.45, 2.75) is 6.36 Å². The lowest BCUT2D eigenvalue weighted by atomic mass is 9.98. The van der Waals surface area contributed by atoms with Gasteiger partial charge in [-0.05, 0) is 23.8 Å². The van der Waals surface area contributed by atoms with Crippen molar-refractivity contribution in [3.05, 3.63) is 57.9 Å². The van der Waals surface area contributed by atoms with Crippen LogP contribution < -0.4 is 4.74 Å². The van der Waals surface area contributed by atoms with Crippen molar-refractivity contribution >= 4 is 5.69 Å². The zero-order valence-corrected chi connectivity index (χ0v) is 11.1. The van der Waals surface area contributed by atoms with E-state index >= 15 is 0 Å². The van der Waals surface area contributed by atoms with Crippen LogP contribution in [0.5, 0.6) is 5.75 Å². The number of nitrogens with zero attached hydrogens (tertiary/aromatic N) is 2. The number of ether oxygens (including phenoxy) is 1. The van der Waals surface area contributed by atoms with Crippen molar-refractivity contribution in [1.82, 2.24) is 0 Å². The van der Waals surface area contributed by atoms with Gasteiger partial charge < -0.3 is 4.74 Å². The molecule has 0 saturated carbocycles. The van der Waals surface area contributed by atoms with E-state index in [2.05, 4.69) is 4.74 Å². The van der Waals surface area contributed by atoms with Crippen molar-refractivity contribution in [2.75, 3.05) is 0 Å². The summed E-state index contributed by atoms with van der Waals surface area (Å²) in [4.78, 5) is 9.94. The van der Waals surface area contributed by atoms with Crippen LogP contribution in [-0.2, 0) is 0 Å². The van der Waals surface area contributed by atoms with Gasteiger partial charge in [0.1, 0.15) is 23.2 Å². The van der Waals surface area contributed by atoms with Crippen LogP contribution in [0.25, 0.3) is 11.1 Å². The summed E-state index contributed by atoms with van der Waals surface area (Å²) < 4.78 is 54.0. The first-order valence-corrected chi connectivity index (χ1v) is 5.95.